The molecule has 3 aromatic rings. The van der Waals surface area contributed by atoms with Crippen LogP contribution in [0.25, 0.3) is 11.2 Å². The number of carbonyl (C=O) groups excluding carboxylic acids is 1. The van der Waals surface area contributed by atoms with E-state index in [1.165, 1.54) is 17.1 Å². The molecule has 0 aliphatic carbocycles. The minimum atomic E-state index is -3.98. The zero-order valence-corrected chi connectivity index (χ0v) is 23.5. The quantitative estimate of drug-likeness (QED) is 0.183. The maximum absolute atomic E-state index is 14.0. The van der Waals surface area contributed by atoms with Crippen molar-refractivity contribution in [3.63, 3.8) is 0 Å². The first-order chi connectivity index (χ1) is 19.0. The van der Waals surface area contributed by atoms with Crippen molar-refractivity contribution in [2.75, 3.05) is 18.5 Å². The molecule has 1 fully saturated rings. The molecule has 5 N–H and O–H groups in total. The first kappa shape index (κ1) is 29.5. The van der Waals surface area contributed by atoms with Crippen molar-refractivity contribution in [3.05, 3.63) is 42.9 Å². The molecule has 1 aliphatic heterocycles. The zero-order chi connectivity index (χ0) is 29.1. The van der Waals surface area contributed by atoms with Gasteiger partial charge in [0.15, 0.2) is 17.4 Å². The number of ether oxygens (including phenoxy) is 2. The number of aromatic nitrogens is 4. The number of hydrogen-bond acceptors (Lipinski definition) is 12. The van der Waals surface area contributed by atoms with E-state index < -0.39 is 43.5 Å². The average molecular weight is 573 g/mol. The summed E-state index contributed by atoms with van der Waals surface area (Å²) in [4.78, 5) is 24.9. The normalized spacial score (nSPS) is 24.7. The van der Waals surface area contributed by atoms with Crippen molar-refractivity contribution < 1.29 is 33.0 Å². The van der Waals surface area contributed by atoms with Crippen molar-refractivity contribution in [1.29, 1.82) is 0 Å². The highest BCUT2D eigenvalue weighted by molar-refractivity contribution is 7.54. The van der Waals surface area contributed by atoms with E-state index in [2.05, 4.69) is 26.8 Å². The molecule has 14 heteroatoms. The highest BCUT2D eigenvalue weighted by Crippen LogP contribution is 2.51. The molecule has 1 unspecified atom stereocenters. The van der Waals surface area contributed by atoms with E-state index in [4.69, 9.17) is 30.0 Å². The number of esters is 1. The fourth-order valence-electron chi connectivity index (χ4n) is 4.30. The van der Waals surface area contributed by atoms with Crippen LogP contribution in [-0.4, -0.2) is 67.2 Å². The van der Waals surface area contributed by atoms with Crippen LogP contribution in [0.1, 0.15) is 33.9 Å². The second kappa shape index (κ2) is 11.9. The molecule has 214 valence electrons. The lowest BCUT2D eigenvalue weighted by Crippen LogP contribution is -2.53. The van der Waals surface area contributed by atoms with E-state index in [0.29, 0.717) is 11.2 Å². The monoisotopic (exact) mass is 572 g/mol. The number of nitrogens with zero attached hydrogens (tertiary/aromatic N) is 4. The predicted molar refractivity (Wildman–Crippen MR) is 146 cm³/mol. The van der Waals surface area contributed by atoms with Crippen LogP contribution in [-0.2, 0) is 23.4 Å². The lowest BCUT2D eigenvalue weighted by atomic mass is 9.91. The summed E-state index contributed by atoms with van der Waals surface area (Å²) in [5, 5.41) is 11.3. The van der Waals surface area contributed by atoms with Gasteiger partial charge in [0.2, 0.25) is 5.95 Å². The number of imidazole rings is 1. The van der Waals surface area contributed by atoms with Gasteiger partial charge in [0.1, 0.15) is 23.5 Å². The van der Waals surface area contributed by atoms with Gasteiger partial charge in [-0.2, -0.15) is 4.98 Å². The third-order valence-corrected chi connectivity index (χ3v) is 8.18. The summed E-state index contributed by atoms with van der Waals surface area (Å²) in [6, 6.07) is 8.43. The number of anilines is 1. The van der Waals surface area contributed by atoms with E-state index >= 15 is 0 Å². The Balaban J connectivity index is 1.59. The maximum atomic E-state index is 14.0. The minimum absolute atomic E-state index is 0.0148. The Bertz CT molecular complexity index is 1460. The van der Waals surface area contributed by atoms with E-state index in [-0.39, 0.29) is 30.6 Å². The lowest BCUT2D eigenvalue weighted by Gasteiger charge is -2.27. The van der Waals surface area contributed by atoms with Gasteiger partial charge < -0.3 is 30.6 Å². The molecular formula is C26H33N6O7P. The number of rotatable bonds is 10. The van der Waals surface area contributed by atoms with Crippen LogP contribution in [0.3, 0.4) is 0 Å². The van der Waals surface area contributed by atoms with Crippen LogP contribution in [0.4, 0.5) is 5.95 Å². The number of carbonyl (C=O) groups is 1. The van der Waals surface area contributed by atoms with Gasteiger partial charge >= 0.3 is 13.6 Å². The van der Waals surface area contributed by atoms with E-state index in [1.54, 1.807) is 58.0 Å². The fraction of sp³-hybridized carbons (Fsp3) is 0.462. The SMILES string of the molecule is CC#CC1(N)[C@@H](O)[C@@H](CO[P@@](=O)(C[C@@H](C)C(=O)OC(C)C)Oc2ccccc2)O[C@H]1n1cnc2cnc(N)nc21. The largest absolute Gasteiger partial charge is 0.463 e. The molecule has 2 aromatic heterocycles. The summed E-state index contributed by atoms with van der Waals surface area (Å²) in [5.74, 6) is 4.52. The van der Waals surface area contributed by atoms with Crippen LogP contribution in [0.15, 0.2) is 42.9 Å². The Morgan fingerprint density at radius 3 is 2.67 bits per heavy atom. The zero-order valence-electron chi connectivity index (χ0n) is 22.6. The molecule has 1 aliphatic rings. The maximum Gasteiger partial charge on any atom is 0.380 e. The number of aliphatic hydroxyl groups is 1. The van der Waals surface area contributed by atoms with Gasteiger partial charge in [0.05, 0.1) is 37.3 Å². The molecule has 1 saturated heterocycles. The van der Waals surface area contributed by atoms with Crippen LogP contribution in [0.5, 0.6) is 5.75 Å². The Hall–Kier alpha value is -3.53. The summed E-state index contributed by atoms with van der Waals surface area (Å²) in [6.07, 6.45) is -1.26. The molecule has 0 saturated carbocycles. The summed E-state index contributed by atoms with van der Waals surface area (Å²) in [5.41, 5.74) is 11.5. The average Bonchev–Trinajstić information content (AvgIpc) is 3.41. The summed E-state index contributed by atoms with van der Waals surface area (Å²) >= 11 is 0. The standard InChI is InChI=1S/C26H33N6O7P/c1-5-11-26(28)21(33)20(38-24(26)32-15-30-19-12-29-25(27)31-22(19)32)13-36-40(35,39-18-9-7-6-8-10-18)14-17(4)23(34)37-16(2)3/h6-10,12,15-17,20-21,24,33H,13-14,28H2,1-4H3,(H2,27,29,31)/t17-,20-,21+,24-,26?,40+/m1/s1. The number of nitrogen functional groups attached to an aromatic ring is 1. The molecule has 4 rings (SSSR count). The number of hydrogen-bond donors (Lipinski definition) is 3. The van der Waals surface area contributed by atoms with Crippen LogP contribution in [0, 0.1) is 17.8 Å². The van der Waals surface area contributed by atoms with Gasteiger partial charge in [-0.05, 0) is 32.9 Å². The second-order valence-corrected chi connectivity index (χ2v) is 11.8. The minimum Gasteiger partial charge on any atom is -0.463 e. The van der Waals surface area contributed by atoms with Gasteiger partial charge in [0, 0.05) is 0 Å². The second-order valence-electron chi connectivity index (χ2n) is 9.75. The number of para-hydroxylation sites is 1. The van der Waals surface area contributed by atoms with Gasteiger partial charge in [-0.25, -0.2) is 14.5 Å². The molecule has 1 aromatic carbocycles. The third kappa shape index (κ3) is 6.27. The van der Waals surface area contributed by atoms with Gasteiger partial charge in [-0.1, -0.05) is 31.0 Å². The number of benzene rings is 1. The highest BCUT2D eigenvalue weighted by Gasteiger charge is 2.55. The number of nitrogens with two attached hydrogens (primary N) is 2. The molecule has 40 heavy (non-hydrogen) atoms. The van der Waals surface area contributed by atoms with Crippen molar-refractivity contribution >= 4 is 30.7 Å². The van der Waals surface area contributed by atoms with Gasteiger partial charge in [0.25, 0.3) is 0 Å². The van der Waals surface area contributed by atoms with E-state index in [0.717, 1.165) is 0 Å². The molecule has 6 atom stereocenters. The van der Waals surface area contributed by atoms with Crippen molar-refractivity contribution in [2.45, 2.75) is 57.8 Å². The summed E-state index contributed by atoms with van der Waals surface area (Å²) < 4.78 is 38.5. The first-order valence-electron chi connectivity index (χ1n) is 12.7. The Morgan fingerprint density at radius 1 is 1.27 bits per heavy atom. The molecule has 0 bridgehead atoms. The molecule has 0 amide bonds. The van der Waals surface area contributed by atoms with E-state index in [1.807, 2.05) is 0 Å². The summed E-state index contributed by atoms with van der Waals surface area (Å²) in [6.45, 7) is 6.21. The molecule has 3 heterocycles. The van der Waals surface area contributed by atoms with Crippen molar-refractivity contribution in [2.24, 2.45) is 11.7 Å². The molecule has 0 radical (unpaired) electrons. The third-order valence-electron chi connectivity index (χ3n) is 6.16. The molecule has 0 spiro atoms. The first-order valence-corrected chi connectivity index (χ1v) is 14.4. The van der Waals surface area contributed by atoms with Crippen LogP contribution >= 0.6 is 7.60 Å². The fourth-order valence-corrected chi connectivity index (χ4v) is 6.17. The van der Waals surface area contributed by atoms with Crippen LogP contribution in [0.2, 0.25) is 0 Å². The molecule has 13 nitrogen and oxygen atoms in total. The Kier molecular flexibility index (Phi) is 8.77. The highest BCUT2D eigenvalue weighted by atomic mass is 31.2. The lowest BCUT2D eigenvalue weighted by molar-refractivity contribution is -0.151. The van der Waals surface area contributed by atoms with Crippen LogP contribution < -0.4 is 16.0 Å². The predicted octanol–water partition coefficient (Wildman–Crippen LogP) is 2.26. The van der Waals surface area contributed by atoms with Gasteiger partial charge in [-0.3, -0.25) is 13.9 Å². The summed E-state index contributed by atoms with van der Waals surface area (Å²) in [7, 11) is -3.98. The molecular weight excluding hydrogens is 539 g/mol. The number of fused-ring (bicyclic) bond motifs is 1. The Morgan fingerprint density at radius 2 is 2.00 bits per heavy atom. The topological polar surface area (TPSA) is 187 Å². The number of aliphatic hydroxyl groups excluding tert-OH is 1. The smallest absolute Gasteiger partial charge is 0.380 e. The van der Waals surface area contributed by atoms with E-state index in [9.17, 15) is 14.5 Å². The Labute approximate surface area is 231 Å². The van der Waals surface area contributed by atoms with Gasteiger partial charge in [-0.15, -0.1) is 5.92 Å². The van der Waals surface area contributed by atoms with Crippen molar-refractivity contribution in [3.8, 4) is 17.6 Å². The van der Waals surface area contributed by atoms with Crippen molar-refractivity contribution in [1.82, 2.24) is 19.5 Å².